The van der Waals surface area contributed by atoms with E-state index in [0.29, 0.717) is 10.6 Å². The van der Waals surface area contributed by atoms with Gasteiger partial charge in [0.25, 0.3) is 0 Å². The highest BCUT2D eigenvalue weighted by Crippen LogP contribution is 2.35. The molecule has 0 radical (unpaired) electrons. The molecule has 5 heteroatoms. The summed E-state index contributed by atoms with van der Waals surface area (Å²) in [6.07, 6.45) is 0. The van der Waals surface area contributed by atoms with Crippen molar-refractivity contribution in [2.75, 3.05) is 19.4 Å². The van der Waals surface area contributed by atoms with E-state index >= 15 is 0 Å². The second-order valence-corrected chi connectivity index (χ2v) is 5.80. The van der Waals surface area contributed by atoms with Crippen LogP contribution in [0, 0.1) is 0 Å². The SMILES string of the molecule is CCNC1CS(=O)(=O)c2ccc(OC)cc21. The molecular weight excluding hydrogens is 226 g/mol. The number of hydrogen-bond acceptors (Lipinski definition) is 4. The second-order valence-electron chi connectivity index (χ2n) is 3.80. The van der Waals surface area contributed by atoms with Gasteiger partial charge in [-0.05, 0) is 30.3 Å². The predicted octanol–water partition coefficient (Wildman–Crippen LogP) is 1.13. The summed E-state index contributed by atoms with van der Waals surface area (Å²) in [6, 6.07) is 5.00. The number of rotatable bonds is 3. The molecule has 16 heavy (non-hydrogen) atoms. The lowest BCUT2D eigenvalue weighted by atomic mass is 10.1. The molecule has 1 N–H and O–H groups in total. The summed E-state index contributed by atoms with van der Waals surface area (Å²) in [5.74, 6) is 0.835. The van der Waals surface area contributed by atoms with Gasteiger partial charge < -0.3 is 10.1 Å². The fourth-order valence-corrected chi connectivity index (χ4v) is 3.77. The second kappa shape index (κ2) is 4.07. The fourth-order valence-electron chi connectivity index (χ4n) is 2.02. The summed E-state index contributed by atoms with van der Waals surface area (Å²) in [4.78, 5) is 0.430. The quantitative estimate of drug-likeness (QED) is 0.862. The third-order valence-corrected chi connectivity index (χ3v) is 4.58. The van der Waals surface area contributed by atoms with E-state index < -0.39 is 9.84 Å². The Bertz CT molecular complexity index is 496. The molecule has 0 saturated carbocycles. The van der Waals surface area contributed by atoms with Crippen LogP contribution in [-0.2, 0) is 9.84 Å². The van der Waals surface area contributed by atoms with Crippen LogP contribution < -0.4 is 10.1 Å². The van der Waals surface area contributed by atoms with E-state index in [1.54, 1.807) is 25.3 Å². The Morgan fingerprint density at radius 2 is 2.25 bits per heavy atom. The lowest BCUT2D eigenvalue weighted by molar-refractivity contribution is 0.413. The first kappa shape index (κ1) is 11.4. The maximum absolute atomic E-state index is 11.9. The zero-order chi connectivity index (χ0) is 11.8. The fraction of sp³-hybridized carbons (Fsp3) is 0.455. The summed E-state index contributed by atoms with van der Waals surface area (Å²) >= 11 is 0. The highest BCUT2D eigenvalue weighted by molar-refractivity contribution is 7.91. The van der Waals surface area contributed by atoms with Crippen molar-refractivity contribution in [2.45, 2.75) is 17.9 Å². The van der Waals surface area contributed by atoms with Crippen molar-refractivity contribution in [2.24, 2.45) is 0 Å². The minimum atomic E-state index is -3.12. The van der Waals surface area contributed by atoms with Crippen LogP contribution in [0.5, 0.6) is 5.75 Å². The molecule has 0 spiro atoms. The van der Waals surface area contributed by atoms with Crippen molar-refractivity contribution in [3.05, 3.63) is 23.8 Å². The topological polar surface area (TPSA) is 55.4 Å². The molecule has 0 aliphatic carbocycles. The van der Waals surface area contributed by atoms with Gasteiger partial charge in [0.2, 0.25) is 0 Å². The standard InChI is InChI=1S/C11H15NO3S/c1-3-12-10-7-16(13,14)11-5-4-8(15-2)6-9(10)11/h4-6,10,12H,3,7H2,1-2H3. The van der Waals surface area contributed by atoms with Gasteiger partial charge in [0.1, 0.15) is 5.75 Å². The van der Waals surface area contributed by atoms with E-state index in [0.717, 1.165) is 12.1 Å². The van der Waals surface area contributed by atoms with Crippen molar-refractivity contribution in [1.29, 1.82) is 0 Å². The molecule has 0 aromatic heterocycles. The Labute approximate surface area is 95.5 Å². The highest BCUT2D eigenvalue weighted by atomic mass is 32.2. The van der Waals surface area contributed by atoms with E-state index in [9.17, 15) is 8.42 Å². The average Bonchev–Trinajstić information content (AvgIpc) is 2.51. The van der Waals surface area contributed by atoms with Crippen LogP contribution in [0.1, 0.15) is 18.5 Å². The normalized spacial score (nSPS) is 21.8. The molecule has 0 amide bonds. The van der Waals surface area contributed by atoms with Gasteiger partial charge in [-0.15, -0.1) is 0 Å². The van der Waals surface area contributed by atoms with Gasteiger partial charge in [-0.25, -0.2) is 8.42 Å². The van der Waals surface area contributed by atoms with Crippen LogP contribution in [0.15, 0.2) is 23.1 Å². The third kappa shape index (κ3) is 1.81. The van der Waals surface area contributed by atoms with Crippen LogP contribution >= 0.6 is 0 Å². The van der Waals surface area contributed by atoms with Crippen molar-refractivity contribution >= 4 is 9.84 Å². The summed E-state index contributed by atoms with van der Waals surface area (Å²) in [5.41, 5.74) is 0.821. The number of benzene rings is 1. The molecule has 1 aliphatic heterocycles. The number of ether oxygens (including phenoxy) is 1. The van der Waals surface area contributed by atoms with Crippen LogP contribution in [0.4, 0.5) is 0 Å². The zero-order valence-corrected chi connectivity index (χ0v) is 10.2. The highest BCUT2D eigenvalue weighted by Gasteiger charge is 2.34. The molecule has 0 saturated heterocycles. The molecule has 1 aromatic rings. The lowest BCUT2D eigenvalue weighted by Crippen LogP contribution is -2.22. The maximum atomic E-state index is 11.9. The molecule has 1 atom stereocenters. The molecule has 0 fully saturated rings. The Hall–Kier alpha value is -1.07. The number of sulfone groups is 1. The summed E-state index contributed by atoms with van der Waals surface area (Å²) in [5, 5.41) is 3.17. The van der Waals surface area contributed by atoms with Gasteiger partial charge in [-0.1, -0.05) is 6.92 Å². The average molecular weight is 241 g/mol. The van der Waals surface area contributed by atoms with Crippen LogP contribution in [0.2, 0.25) is 0 Å². The van der Waals surface area contributed by atoms with E-state index in [2.05, 4.69) is 5.32 Å². The van der Waals surface area contributed by atoms with Crippen LogP contribution in [0.3, 0.4) is 0 Å². The predicted molar refractivity (Wildman–Crippen MR) is 61.5 cm³/mol. The van der Waals surface area contributed by atoms with E-state index in [1.165, 1.54) is 0 Å². The van der Waals surface area contributed by atoms with Gasteiger partial charge in [0.05, 0.1) is 17.8 Å². The number of nitrogens with one attached hydrogen (secondary N) is 1. The van der Waals surface area contributed by atoms with Gasteiger partial charge >= 0.3 is 0 Å². The Balaban J connectivity index is 2.50. The Morgan fingerprint density at radius 3 is 2.88 bits per heavy atom. The molecule has 4 nitrogen and oxygen atoms in total. The lowest BCUT2D eigenvalue weighted by Gasteiger charge is -2.11. The van der Waals surface area contributed by atoms with Crippen molar-refractivity contribution in [3.63, 3.8) is 0 Å². The molecule has 88 valence electrons. The first-order valence-electron chi connectivity index (χ1n) is 5.22. The van der Waals surface area contributed by atoms with Gasteiger partial charge in [-0.3, -0.25) is 0 Å². The number of methoxy groups -OCH3 is 1. The van der Waals surface area contributed by atoms with Crippen molar-refractivity contribution in [3.8, 4) is 5.75 Å². The first-order valence-corrected chi connectivity index (χ1v) is 6.88. The first-order chi connectivity index (χ1) is 7.58. The molecule has 0 bridgehead atoms. The van der Waals surface area contributed by atoms with Gasteiger partial charge in [0, 0.05) is 6.04 Å². The summed E-state index contributed by atoms with van der Waals surface area (Å²) < 4.78 is 28.8. The summed E-state index contributed by atoms with van der Waals surface area (Å²) in [6.45, 7) is 2.71. The molecule has 1 heterocycles. The maximum Gasteiger partial charge on any atom is 0.180 e. The van der Waals surface area contributed by atoms with E-state index in [1.807, 2.05) is 6.92 Å². The van der Waals surface area contributed by atoms with Gasteiger partial charge in [-0.2, -0.15) is 0 Å². The minimum Gasteiger partial charge on any atom is -0.497 e. The van der Waals surface area contributed by atoms with Gasteiger partial charge in [0.15, 0.2) is 9.84 Å². The molecular formula is C11H15NO3S. The van der Waals surface area contributed by atoms with Crippen LogP contribution in [0.25, 0.3) is 0 Å². The summed E-state index contributed by atoms with van der Waals surface area (Å²) in [7, 11) is -1.54. The monoisotopic (exact) mass is 241 g/mol. The Kier molecular flexibility index (Phi) is 2.90. The smallest absolute Gasteiger partial charge is 0.180 e. The number of hydrogen-bond donors (Lipinski definition) is 1. The van der Waals surface area contributed by atoms with Crippen molar-refractivity contribution in [1.82, 2.24) is 5.32 Å². The molecule has 1 aromatic carbocycles. The zero-order valence-electron chi connectivity index (χ0n) is 9.36. The molecule has 1 unspecified atom stereocenters. The Morgan fingerprint density at radius 1 is 1.50 bits per heavy atom. The van der Waals surface area contributed by atoms with E-state index in [-0.39, 0.29) is 11.8 Å². The molecule has 1 aliphatic rings. The third-order valence-electron chi connectivity index (χ3n) is 2.76. The molecule has 2 rings (SSSR count). The van der Waals surface area contributed by atoms with Crippen molar-refractivity contribution < 1.29 is 13.2 Å². The van der Waals surface area contributed by atoms with E-state index in [4.69, 9.17) is 4.74 Å². The number of fused-ring (bicyclic) bond motifs is 1. The largest absolute Gasteiger partial charge is 0.497 e. The van der Waals surface area contributed by atoms with Crippen LogP contribution in [-0.4, -0.2) is 27.8 Å². The minimum absolute atomic E-state index is 0.111.